The molecule has 0 aliphatic carbocycles. The molecule has 3 nitrogen and oxygen atoms in total. The van der Waals surface area contributed by atoms with Gasteiger partial charge in [-0.15, -0.1) is 0 Å². The Hall–Kier alpha value is -1.58. The van der Waals surface area contributed by atoms with E-state index in [1.54, 1.807) is 0 Å². The molecular weight excluding hydrogens is 199 g/mol. The van der Waals surface area contributed by atoms with E-state index in [9.17, 15) is 9.18 Å². The number of carboxylic acid groups (broad SMARTS) is 1. The van der Waals surface area contributed by atoms with Gasteiger partial charge in [0.1, 0.15) is 11.6 Å². The molecule has 0 saturated heterocycles. The number of aliphatic carboxylic acids is 1. The van der Waals surface area contributed by atoms with E-state index in [2.05, 4.69) is 0 Å². The number of hydrogen-bond acceptors (Lipinski definition) is 2. The normalized spacial score (nSPS) is 10.1. The molecule has 15 heavy (non-hydrogen) atoms. The van der Waals surface area contributed by atoms with Gasteiger partial charge in [-0.25, -0.2) is 4.39 Å². The Kier molecular flexibility index (Phi) is 3.66. The van der Waals surface area contributed by atoms with Crippen molar-refractivity contribution < 1.29 is 19.0 Å². The van der Waals surface area contributed by atoms with E-state index in [0.717, 1.165) is 5.56 Å². The zero-order valence-corrected chi connectivity index (χ0v) is 8.71. The van der Waals surface area contributed by atoms with Crippen molar-refractivity contribution in [3.05, 3.63) is 29.1 Å². The molecule has 1 rings (SSSR count). The Morgan fingerprint density at radius 1 is 1.53 bits per heavy atom. The molecule has 1 aromatic carbocycles. The van der Waals surface area contributed by atoms with E-state index in [1.165, 1.54) is 19.2 Å². The van der Waals surface area contributed by atoms with Gasteiger partial charge in [-0.05, 0) is 23.6 Å². The van der Waals surface area contributed by atoms with Crippen LogP contribution in [-0.4, -0.2) is 18.2 Å². The van der Waals surface area contributed by atoms with Crippen LogP contribution in [0.15, 0.2) is 12.1 Å². The molecule has 0 amide bonds. The molecule has 0 fully saturated rings. The van der Waals surface area contributed by atoms with Gasteiger partial charge < -0.3 is 9.84 Å². The third-order valence-electron chi connectivity index (χ3n) is 2.18. The van der Waals surface area contributed by atoms with Gasteiger partial charge in [0.2, 0.25) is 0 Å². The van der Waals surface area contributed by atoms with Crippen molar-refractivity contribution >= 4 is 5.97 Å². The summed E-state index contributed by atoms with van der Waals surface area (Å²) in [4.78, 5) is 10.6. The summed E-state index contributed by atoms with van der Waals surface area (Å²) < 4.78 is 18.1. The molecule has 1 aromatic rings. The van der Waals surface area contributed by atoms with Gasteiger partial charge in [0.25, 0.3) is 0 Å². The van der Waals surface area contributed by atoms with Crippen LogP contribution in [0.2, 0.25) is 0 Å². The van der Waals surface area contributed by atoms with Gasteiger partial charge in [0, 0.05) is 6.07 Å². The third-order valence-corrected chi connectivity index (χ3v) is 2.18. The maximum Gasteiger partial charge on any atom is 0.307 e. The minimum absolute atomic E-state index is 0.183. The SMILES string of the molecule is CCc1c(CC(=O)O)cc(F)cc1OC. The molecule has 0 aromatic heterocycles. The Labute approximate surface area is 87.5 Å². The molecule has 0 bridgehead atoms. The average Bonchev–Trinajstić information content (AvgIpc) is 2.15. The second kappa shape index (κ2) is 4.77. The maximum atomic E-state index is 13.1. The van der Waals surface area contributed by atoms with E-state index in [4.69, 9.17) is 9.84 Å². The largest absolute Gasteiger partial charge is 0.496 e. The van der Waals surface area contributed by atoms with Crippen molar-refractivity contribution in [3.8, 4) is 5.75 Å². The fraction of sp³-hybridized carbons (Fsp3) is 0.364. The van der Waals surface area contributed by atoms with Crippen molar-refractivity contribution in [2.75, 3.05) is 7.11 Å². The van der Waals surface area contributed by atoms with Crippen LogP contribution in [0.4, 0.5) is 4.39 Å². The number of carboxylic acids is 1. The van der Waals surface area contributed by atoms with Crippen LogP contribution < -0.4 is 4.74 Å². The smallest absolute Gasteiger partial charge is 0.307 e. The summed E-state index contributed by atoms with van der Waals surface area (Å²) in [6.07, 6.45) is 0.434. The van der Waals surface area contributed by atoms with E-state index in [1.807, 2.05) is 6.92 Å². The lowest BCUT2D eigenvalue weighted by atomic mass is 10.0. The van der Waals surface area contributed by atoms with Gasteiger partial charge in [-0.2, -0.15) is 0 Å². The van der Waals surface area contributed by atoms with Crippen LogP contribution in [0.5, 0.6) is 5.75 Å². The first kappa shape index (κ1) is 11.5. The Morgan fingerprint density at radius 3 is 2.67 bits per heavy atom. The number of methoxy groups -OCH3 is 1. The minimum atomic E-state index is -0.975. The highest BCUT2D eigenvalue weighted by molar-refractivity contribution is 5.71. The van der Waals surface area contributed by atoms with Crippen LogP contribution in [-0.2, 0) is 17.6 Å². The Balaban J connectivity index is 3.22. The predicted octanol–water partition coefficient (Wildman–Crippen LogP) is 2.02. The summed E-state index contributed by atoms with van der Waals surface area (Å²) in [5, 5.41) is 8.68. The van der Waals surface area contributed by atoms with Gasteiger partial charge in [-0.3, -0.25) is 4.79 Å². The second-order valence-corrected chi connectivity index (χ2v) is 3.17. The predicted molar refractivity (Wildman–Crippen MR) is 53.7 cm³/mol. The molecule has 0 aliphatic rings. The lowest BCUT2D eigenvalue weighted by Crippen LogP contribution is -2.05. The number of hydrogen-bond donors (Lipinski definition) is 1. The van der Waals surface area contributed by atoms with E-state index >= 15 is 0 Å². The molecule has 82 valence electrons. The highest BCUT2D eigenvalue weighted by atomic mass is 19.1. The zero-order chi connectivity index (χ0) is 11.4. The molecule has 4 heteroatoms. The Morgan fingerprint density at radius 2 is 2.20 bits per heavy atom. The molecule has 0 spiro atoms. The molecule has 0 saturated carbocycles. The van der Waals surface area contributed by atoms with Crippen LogP contribution >= 0.6 is 0 Å². The summed E-state index contributed by atoms with van der Waals surface area (Å²) in [5.41, 5.74) is 1.23. The van der Waals surface area contributed by atoms with Crippen LogP contribution in [0.1, 0.15) is 18.1 Å². The number of halogens is 1. The fourth-order valence-electron chi connectivity index (χ4n) is 1.57. The molecule has 0 radical (unpaired) electrons. The van der Waals surface area contributed by atoms with E-state index in [-0.39, 0.29) is 6.42 Å². The van der Waals surface area contributed by atoms with Crippen LogP contribution in [0.3, 0.4) is 0 Å². The van der Waals surface area contributed by atoms with Crippen LogP contribution in [0, 0.1) is 5.82 Å². The van der Waals surface area contributed by atoms with Crippen molar-refractivity contribution in [1.82, 2.24) is 0 Å². The Bertz CT molecular complexity index is 374. The summed E-state index contributed by atoms with van der Waals surface area (Å²) in [6.45, 7) is 1.88. The van der Waals surface area contributed by atoms with Crippen molar-refractivity contribution in [2.24, 2.45) is 0 Å². The molecule has 0 atom stereocenters. The summed E-state index contributed by atoms with van der Waals surface area (Å²) in [7, 11) is 1.44. The minimum Gasteiger partial charge on any atom is -0.496 e. The first-order chi connectivity index (χ1) is 7.08. The van der Waals surface area contributed by atoms with Gasteiger partial charge >= 0.3 is 5.97 Å². The summed E-state index contributed by atoms with van der Waals surface area (Å²) >= 11 is 0. The van der Waals surface area contributed by atoms with Gasteiger partial charge in [0.15, 0.2) is 0 Å². The number of carbonyl (C=O) groups is 1. The lowest BCUT2D eigenvalue weighted by Gasteiger charge is -2.11. The van der Waals surface area contributed by atoms with Gasteiger partial charge in [0.05, 0.1) is 13.5 Å². The molecule has 0 unspecified atom stereocenters. The highest BCUT2D eigenvalue weighted by Gasteiger charge is 2.12. The average molecular weight is 212 g/mol. The maximum absolute atomic E-state index is 13.1. The third kappa shape index (κ3) is 2.68. The van der Waals surface area contributed by atoms with Crippen LogP contribution in [0.25, 0.3) is 0 Å². The first-order valence-corrected chi connectivity index (χ1v) is 4.65. The number of benzene rings is 1. The standard InChI is InChI=1S/C11H13FO3/c1-3-9-7(5-11(13)14)4-8(12)6-10(9)15-2/h4,6H,3,5H2,1-2H3,(H,13,14). The first-order valence-electron chi connectivity index (χ1n) is 4.65. The fourth-order valence-corrected chi connectivity index (χ4v) is 1.57. The molecule has 1 N–H and O–H groups in total. The van der Waals surface area contributed by atoms with Gasteiger partial charge in [-0.1, -0.05) is 6.92 Å². The topological polar surface area (TPSA) is 46.5 Å². The molecule has 0 heterocycles. The number of rotatable bonds is 4. The lowest BCUT2D eigenvalue weighted by molar-refractivity contribution is -0.136. The zero-order valence-electron chi connectivity index (χ0n) is 8.71. The van der Waals surface area contributed by atoms with Crippen molar-refractivity contribution in [1.29, 1.82) is 0 Å². The monoisotopic (exact) mass is 212 g/mol. The highest BCUT2D eigenvalue weighted by Crippen LogP contribution is 2.25. The summed E-state index contributed by atoms with van der Waals surface area (Å²) in [6, 6.07) is 2.51. The van der Waals surface area contributed by atoms with E-state index in [0.29, 0.717) is 17.7 Å². The van der Waals surface area contributed by atoms with Crippen molar-refractivity contribution in [2.45, 2.75) is 19.8 Å². The summed E-state index contributed by atoms with van der Waals surface area (Å²) in [5.74, 6) is -1.04. The quantitative estimate of drug-likeness (QED) is 0.830. The number of ether oxygens (including phenoxy) is 1. The molecular formula is C11H13FO3. The molecule has 0 aliphatic heterocycles. The van der Waals surface area contributed by atoms with E-state index < -0.39 is 11.8 Å². The van der Waals surface area contributed by atoms with Crippen molar-refractivity contribution in [3.63, 3.8) is 0 Å². The second-order valence-electron chi connectivity index (χ2n) is 3.17.